The molecule has 4 rings (SSSR count). The Morgan fingerprint density at radius 3 is 2.36 bits per heavy atom. The fourth-order valence-electron chi connectivity index (χ4n) is 4.58. The third kappa shape index (κ3) is 7.01. The molecule has 1 aromatic heterocycles. The number of aromatic nitrogens is 1. The molecule has 0 radical (unpaired) electrons. The van der Waals surface area contributed by atoms with Gasteiger partial charge in [-0.2, -0.15) is 0 Å². The number of piperazine rings is 1. The fourth-order valence-corrected chi connectivity index (χ4v) is 4.58. The van der Waals surface area contributed by atoms with Gasteiger partial charge in [-0.1, -0.05) is 29.8 Å². The first-order valence-corrected chi connectivity index (χ1v) is 12.3. The average molecular weight is 503 g/mol. The molecule has 6 nitrogen and oxygen atoms in total. The summed E-state index contributed by atoms with van der Waals surface area (Å²) in [5.74, 6) is 0.462. The summed E-state index contributed by atoms with van der Waals surface area (Å²) >= 11 is 0. The summed E-state index contributed by atoms with van der Waals surface area (Å²) in [4.78, 5) is 7.28. The second-order valence-electron chi connectivity index (χ2n) is 9.24. The van der Waals surface area contributed by atoms with E-state index in [-0.39, 0.29) is 5.75 Å². The van der Waals surface area contributed by atoms with Crippen molar-refractivity contribution in [3.8, 4) is 17.0 Å². The van der Waals surface area contributed by atoms with E-state index in [0.717, 1.165) is 51.6 Å². The standard InChI is InChI=1S/C27H33F3N4O2/c1-4-32(11-12-33-13-15-34(16-14-33)26-10-5-20(2)17-21(26)3)19-24-18-25(31-36-24)22-6-8-23(9-7-22)35-27(28,29)30/h5-10,17-18H,4,11-16,19H2,1-3H3. The van der Waals surface area contributed by atoms with Crippen LogP contribution >= 0.6 is 0 Å². The molecule has 1 aliphatic heterocycles. The Morgan fingerprint density at radius 1 is 1.00 bits per heavy atom. The highest BCUT2D eigenvalue weighted by Crippen LogP contribution is 2.27. The van der Waals surface area contributed by atoms with E-state index < -0.39 is 6.36 Å². The highest BCUT2D eigenvalue weighted by atomic mass is 19.4. The molecule has 0 aliphatic carbocycles. The summed E-state index contributed by atoms with van der Waals surface area (Å²) in [6, 6.07) is 14.1. The SMILES string of the molecule is CCN(CCN1CCN(c2ccc(C)cc2C)CC1)Cc1cc(-c2ccc(OC(F)(F)F)cc2)no1. The van der Waals surface area contributed by atoms with Gasteiger partial charge in [0, 0.05) is 56.6 Å². The van der Waals surface area contributed by atoms with Crippen molar-refractivity contribution < 1.29 is 22.4 Å². The summed E-state index contributed by atoms with van der Waals surface area (Å²) in [6.07, 6.45) is -4.71. The second-order valence-corrected chi connectivity index (χ2v) is 9.24. The van der Waals surface area contributed by atoms with Crippen LogP contribution in [0.3, 0.4) is 0 Å². The molecule has 9 heteroatoms. The largest absolute Gasteiger partial charge is 0.573 e. The topological polar surface area (TPSA) is 45.0 Å². The summed E-state index contributed by atoms with van der Waals surface area (Å²) in [6.45, 7) is 13.9. The minimum atomic E-state index is -4.71. The van der Waals surface area contributed by atoms with Gasteiger partial charge in [0.15, 0.2) is 5.76 Å². The molecular formula is C27H33F3N4O2. The van der Waals surface area contributed by atoms with E-state index >= 15 is 0 Å². The maximum absolute atomic E-state index is 12.4. The lowest BCUT2D eigenvalue weighted by Crippen LogP contribution is -2.48. The Balaban J connectivity index is 1.25. The molecule has 2 aromatic carbocycles. The molecule has 194 valence electrons. The van der Waals surface area contributed by atoms with Crippen molar-refractivity contribution in [3.05, 3.63) is 65.4 Å². The molecule has 0 unspecified atom stereocenters. The van der Waals surface area contributed by atoms with Gasteiger partial charge in [-0.05, 0) is 56.3 Å². The van der Waals surface area contributed by atoms with Crippen molar-refractivity contribution in [2.24, 2.45) is 0 Å². The van der Waals surface area contributed by atoms with Crippen LogP contribution in [0.2, 0.25) is 0 Å². The number of benzene rings is 2. The Labute approximate surface area is 210 Å². The van der Waals surface area contributed by atoms with Crippen molar-refractivity contribution in [1.29, 1.82) is 0 Å². The van der Waals surface area contributed by atoms with Crippen LogP contribution < -0.4 is 9.64 Å². The zero-order chi connectivity index (χ0) is 25.7. The first-order chi connectivity index (χ1) is 17.2. The molecule has 0 spiro atoms. The zero-order valence-corrected chi connectivity index (χ0v) is 21.0. The lowest BCUT2D eigenvalue weighted by atomic mass is 10.1. The van der Waals surface area contributed by atoms with Crippen LogP contribution in [0.15, 0.2) is 53.1 Å². The maximum atomic E-state index is 12.4. The third-order valence-electron chi connectivity index (χ3n) is 6.57. The van der Waals surface area contributed by atoms with E-state index in [1.165, 1.54) is 41.1 Å². The Hall–Kier alpha value is -3.04. The van der Waals surface area contributed by atoms with Crippen molar-refractivity contribution >= 4 is 5.69 Å². The first-order valence-electron chi connectivity index (χ1n) is 12.3. The number of alkyl halides is 3. The summed E-state index contributed by atoms with van der Waals surface area (Å²) < 4.78 is 46.5. The quantitative estimate of drug-likeness (QED) is 0.385. The number of likely N-dealkylation sites (N-methyl/N-ethyl adjacent to an activating group) is 1. The van der Waals surface area contributed by atoms with Crippen LogP contribution in [0.25, 0.3) is 11.3 Å². The van der Waals surface area contributed by atoms with E-state index in [0.29, 0.717) is 17.8 Å². The van der Waals surface area contributed by atoms with Gasteiger partial charge in [-0.25, -0.2) is 0 Å². The van der Waals surface area contributed by atoms with Crippen LogP contribution in [0.4, 0.5) is 18.9 Å². The number of ether oxygens (including phenoxy) is 1. The fraction of sp³-hybridized carbons (Fsp3) is 0.444. The van der Waals surface area contributed by atoms with Gasteiger partial charge in [0.2, 0.25) is 0 Å². The van der Waals surface area contributed by atoms with E-state index in [1.807, 2.05) is 6.07 Å². The monoisotopic (exact) mass is 502 g/mol. The van der Waals surface area contributed by atoms with Gasteiger partial charge < -0.3 is 14.2 Å². The molecule has 0 N–H and O–H groups in total. The Morgan fingerprint density at radius 2 is 1.72 bits per heavy atom. The number of nitrogens with zero attached hydrogens (tertiary/aromatic N) is 4. The number of rotatable bonds is 9. The van der Waals surface area contributed by atoms with Crippen molar-refractivity contribution in [2.75, 3.05) is 50.7 Å². The molecule has 1 saturated heterocycles. The molecule has 0 saturated carbocycles. The summed E-state index contributed by atoms with van der Waals surface area (Å²) in [5, 5.41) is 4.10. The van der Waals surface area contributed by atoms with Crippen LogP contribution in [-0.4, -0.2) is 67.1 Å². The van der Waals surface area contributed by atoms with Crippen LogP contribution in [-0.2, 0) is 6.54 Å². The molecule has 36 heavy (non-hydrogen) atoms. The van der Waals surface area contributed by atoms with Crippen LogP contribution in [0, 0.1) is 13.8 Å². The number of aryl methyl sites for hydroxylation is 2. The molecule has 1 fully saturated rings. The van der Waals surface area contributed by atoms with Gasteiger partial charge in [-0.3, -0.25) is 9.80 Å². The maximum Gasteiger partial charge on any atom is 0.573 e. The Bertz CT molecular complexity index is 1120. The Kier molecular flexibility index (Phi) is 8.21. The zero-order valence-electron chi connectivity index (χ0n) is 21.0. The molecular weight excluding hydrogens is 469 g/mol. The van der Waals surface area contributed by atoms with E-state index in [4.69, 9.17) is 4.52 Å². The third-order valence-corrected chi connectivity index (χ3v) is 6.57. The normalized spacial score (nSPS) is 15.0. The van der Waals surface area contributed by atoms with E-state index in [1.54, 1.807) is 0 Å². The van der Waals surface area contributed by atoms with Gasteiger partial charge in [0.05, 0.1) is 6.54 Å². The minimum absolute atomic E-state index is 0.262. The summed E-state index contributed by atoms with van der Waals surface area (Å²) in [7, 11) is 0. The molecule has 0 atom stereocenters. The molecule has 0 bridgehead atoms. The number of anilines is 1. The molecule has 2 heterocycles. The first kappa shape index (κ1) is 26.0. The van der Waals surface area contributed by atoms with Crippen LogP contribution in [0.1, 0.15) is 23.8 Å². The lowest BCUT2D eigenvalue weighted by molar-refractivity contribution is -0.274. The van der Waals surface area contributed by atoms with Crippen molar-refractivity contribution in [2.45, 2.75) is 33.7 Å². The lowest BCUT2D eigenvalue weighted by Gasteiger charge is -2.37. The predicted octanol–water partition coefficient (Wildman–Crippen LogP) is 5.50. The van der Waals surface area contributed by atoms with Gasteiger partial charge in [-0.15, -0.1) is 13.2 Å². The highest BCUT2D eigenvalue weighted by Gasteiger charge is 2.31. The van der Waals surface area contributed by atoms with Crippen LogP contribution in [0.5, 0.6) is 5.75 Å². The number of halogens is 3. The number of hydrogen-bond donors (Lipinski definition) is 0. The molecule has 3 aromatic rings. The number of hydrogen-bond acceptors (Lipinski definition) is 6. The van der Waals surface area contributed by atoms with E-state index in [9.17, 15) is 13.2 Å². The smallest absolute Gasteiger partial charge is 0.406 e. The molecule has 0 amide bonds. The summed E-state index contributed by atoms with van der Waals surface area (Å²) in [5.41, 5.74) is 5.21. The minimum Gasteiger partial charge on any atom is -0.406 e. The van der Waals surface area contributed by atoms with Gasteiger partial charge in [0.25, 0.3) is 0 Å². The van der Waals surface area contributed by atoms with Gasteiger partial charge >= 0.3 is 6.36 Å². The van der Waals surface area contributed by atoms with Gasteiger partial charge in [0.1, 0.15) is 11.4 Å². The second kappa shape index (κ2) is 11.3. The molecule has 1 aliphatic rings. The highest BCUT2D eigenvalue weighted by molar-refractivity contribution is 5.59. The van der Waals surface area contributed by atoms with E-state index in [2.05, 4.69) is 63.6 Å². The average Bonchev–Trinajstić information content (AvgIpc) is 3.30. The van der Waals surface area contributed by atoms with Crippen molar-refractivity contribution in [1.82, 2.24) is 15.0 Å². The van der Waals surface area contributed by atoms with Crippen molar-refractivity contribution in [3.63, 3.8) is 0 Å². The predicted molar refractivity (Wildman–Crippen MR) is 134 cm³/mol.